The van der Waals surface area contributed by atoms with E-state index in [2.05, 4.69) is 0 Å². The summed E-state index contributed by atoms with van der Waals surface area (Å²) in [5.41, 5.74) is 10.6. The van der Waals surface area contributed by atoms with Gasteiger partial charge in [0.05, 0.1) is 26.0 Å². The third-order valence-corrected chi connectivity index (χ3v) is 4.07. The van der Waals surface area contributed by atoms with Gasteiger partial charge in [-0.05, 0) is 43.5 Å². The summed E-state index contributed by atoms with van der Waals surface area (Å²) < 4.78 is 7.11. The summed E-state index contributed by atoms with van der Waals surface area (Å²) in [6.07, 6.45) is 3.04. The maximum atomic E-state index is 9.23. The number of aliphatic hydroxyl groups excluding tert-OH is 1. The van der Waals surface area contributed by atoms with Gasteiger partial charge in [0.25, 0.3) is 0 Å². The maximum absolute atomic E-state index is 9.23. The summed E-state index contributed by atoms with van der Waals surface area (Å²) >= 11 is 0. The molecule has 3 N–H and O–H groups in total. The number of aliphatic hydroxyl groups is 1. The lowest BCUT2D eigenvalue weighted by Gasteiger charge is -2.20. The first-order valence-corrected chi connectivity index (χ1v) is 7.35. The van der Waals surface area contributed by atoms with Crippen molar-refractivity contribution in [2.24, 2.45) is 5.73 Å². The predicted molar refractivity (Wildman–Crippen MR) is 81.2 cm³/mol. The number of fused-ring (bicyclic) bond motifs is 1. The van der Waals surface area contributed by atoms with Crippen molar-refractivity contribution < 1.29 is 9.84 Å². The summed E-state index contributed by atoms with van der Waals surface area (Å²) in [7, 11) is 1.66. The highest BCUT2D eigenvalue weighted by Gasteiger charge is 2.26. The maximum Gasteiger partial charge on any atom is 0.118 e. The smallest absolute Gasteiger partial charge is 0.118 e. The zero-order valence-electron chi connectivity index (χ0n) is 12.2. The average Bonchev–Trinajstić information content (AvgIpc) is 2.88. The van der Waals surface area contributed by atoms with Crippen LogP contribution in [-0.4, -0.2) is 28.6 Å². The van der Waals surface area contributed by atoms with Crippen LogP contribution in [-0.2, 0) is 13.0 Å². The van der Waals surface area contributed by atoms with E-state index in [1.54, 1.807) is 7.11 Å². The zero-order chi connectivity index (χ0) is 14.8. The fourth-order valence-corrected chi connectivity index (χ4v) is 3.04. The number of methoxy groups -OCH3 is 1. The van der Waals surface area contributed by atoms with E-state index < -0.39 is 0 Å². The minimum Gasteiger partial charge on any atom is -0.497 e. The van der Waals surface area contributed by atoms with Crippen molar-refractivity contribution in [3.05, 3.63) is 35.5 Å². The largest absolute Gasteiger partial charge is 0.497 e. The Morgan fingerprint density at radius 1 is 1.38 bits per heavy atom. The third kappa shape index (κ3) is 2.54. The first kappa shape index (κ1) is 14.1. The lowest BCUT2D eigenvalue weighted by Crippen LogP contribution is -2.19. The molecule has 0 saturated carbocycles. The van der Waals surface area contributed by atoms with E-state index in [0.29, 0.717) is 6.54 Å². The molecule has 5 nitrogen and oxygen atoms in total. The van der Waals surface area contributed by atoms with Crippen LogP contribution < -0.4 is 10.5 Å². The van der Waals surface area contributed by atoms with Crippen LogP contribution >= 0.6 is 0 Å². The first-order chi connectivity index (χ1) is 10.2. The minimum absolute atomic E-state index is 0.0262. The standard InChI is InChI=1S/C16H21N3O2/c1-21-12-7-5-11(6-8-12)16-15-13(17)3-2-4-14(15)19(18-16)9-10-20/h5-8,13,20H,2-4,9-10,17H2,1H3. The number of nitrogens with zero attached hydrogens (tertiary/aromatic N) is 2. The van der Waals surface area contributed by atoms with Crippen LogP contribution in [0, 0.1) is 0 Å². The quantitative estimate of drug-likeness (QED) is 0.900. The number of nitrogens with two attached hydrogens (primary N) is 1. The zero-order valence-corrected chi connectivity index (χ0v) is 12.2. The fraction of sp³-hybridized carbons (Fsp3) is 0.438. The van der Waals surface area contributed by atoms with Crippen LogP contribution in [0.15, 0.2) is 24.3 Å². The van der Waals surface area contributed by atoms with Crippen molar-refractivity contribution in [2.75, 3.05) is 13.7 Å². The second kappa shape index (κ2) is 5.87. The predicted octanol–water partition coefficient (Wildman–Crippen LogP) is 1.89. The van der Waals surface area contributed by atoms with Gasteiger partial charge in [-0.25, -0.2) is 0 Å². The lowest BCUT2D eigenvalue weighted by molar-refractivity contribution is 0.266. The third-order valence-electron chi connectivity index (χ3n) is 4.07. The molecule has 0 amide bonds. The highest BCUT2D eigenvalue weighted by atomic mass is 16.5. The number of hydrogen-bond acceptors (Lipinski definition) is 4. The van der Waals surface area contributed by atoms with Gasteiger partial charge >= 0.3 is 0 Å². The van der Waals surface area contributed by atoms with Crippen LogP contribution in [0.1, 0.15) is 30.1 Å². The molecule has 0 fully saturated rings. The van der Waals surface area contributed by atoms with E-state index in [1.165, 1.54) is 5.69 Å². The van der Waals surface area contributed by atoms with E-state index in [9.17, 15) is 5.11 Å². The second-order valence-electron chi connectivity index (χ2n) is 5.38. The normalized spacial score (nSPS) is 17.6. The van der Waals surface area contributed by atoms with Crippen LogP contribution in [0.2, 0.25) is 0 Å². The summed E-state index contributed by atoms with van der Waals surface area (Å²) in [6, 6.07) is 7.90. The summed E-state index contributed by atoms with van der Waals surface area (Å²) in [5, 5.41) is 13.9. The number of hydrogen-bond donors (Lipinski definition) is 2. The SMILES string of the molecule is COc1ccc(-c2nn(CCO)c3c2C(N)CCC3)cc1. The van der Waals surface area contributed by atoms with E-state index in [1.807, 2.05) is 28.9 Å². The van der Waals surface area contributed by atoms with E-state index in [-0.39, 0.29) is 12.6 Å². The molecule has 1 aliphatic rings. The average molecular weight is 287 g/mol. The molecule has 1 aliphatic carbocycles. The Kier molecular flexibility index (Phi) is 3.94. The number of rotatable bonds is 4. The van der Waals surface area contributed by atoms with Crippen molar-refractivity contribution in [1.29, 1.82) is 0 Å². The van der Waals surface area contributed by atoms with Gasteiger partial charge in [0.1, 0.15) is 5.75 Å². The number of aromatic nitrogens is 2. The number of benzene rings is 1. The molecule has 1 atom stereocenters. The van der Waals surface area contributed by atoms with Crippen molar-refractivity contribution in [3.63, 3.8) is 0 Å². The Bertz CT molecular complexity index is 619. The second-order valence-corrected chi connectivity index (χ2v) is 5.38. The number of ether oxygens (including phenoxy) is 1. The summed E-state index contributed by atoms with van der Waals surface area (Å²) in [6.45, 7) is 0.608. The van der Waals surface area contributed by atoms with Crippen molar-refractivity contribution in [2.45, 2.75) is 31.8 Å². The van der Waals surface area contributed by atoms with Crippen molar-refractivity contribution in [3.8, 4) is 17.0 Å². The molecule has 5 heteroatoms. The molecule has 0 bridgehead atoms. The Balaban J connectivity index is 2.08. The molecule has 0 aliphatic heterocycles. The Labute approximate surface area is 124 Å². The fourth-order valence-electron chi connectivity index (χ4n) is 3.04. The van der Waals surface area contributed by atoms with Gasteiger partial charge in [-0.2, -0.15) is 5.10 Å². The monoisotopic (exact) mass is 287 g/mol. The minimum atomic E-state index is 0.0262. The first-order valence-electron chi connectivity index (χ1n) is 7.35. The molecule has 2 aromatic rings. The molecule has 3 rings (SSSR count). The van der Waals surface area contributed by atoms with Crippen molar-refractivity contribution >= 4 is 0 Å². The molecule has 112 valence electrons. The Hall–Kier alpha value is -1.85. The molecule has 1 heterocycles. The van der Waals surface area contributed by atoms with Gasteiger partial charge in [0.15, 0.2) is 0 Å². The Morgan fingerprint density at radius 3 is 2.81 bits per heavy atom. The lowest BCUT2D eigenvalue weighted by atomic mass is 9.89. The van der Waals surface area contributed by atoms with Crippen LogP contribution in [0.5, 0.6) is 5.75 Å². The van der Waals surface area contributed by atoms with Crippen LogP contribution in [0.3, 0.4) is 0 Å². The van der Waals surface area contributed by atoms with Gasteiger partial charge < -0.3 is 15.6 Å². The van der Waals surface area contributed by atoms with Gasteiger partial charge in [0.2, 0.25) is 0 Å². The van der Waals surface area contributed by atoms with E-state index in [4.69, 9.17) is 15.6 Å². The van der Waals surface area contributed by atoms with E-state index in [0.717, 1.165) is 41.8 Å². The molecular formula is C16H21N3O2. The van der Waals surface area contributed by atoms with Gasteiger partial charge in [-0.15, -0.1) is 0 Å². The highest BCUT2D eigenvalue weighted by molar-refractivity contribution is 5.66. The topological polar surface area (TPSA) is 73.3 Å². The molecule has 1 aromatic carbocycles. The molecule has 1 aromatic heterocycles. The van der Waals surface area contributed by atoms with Crippen molar-refractivity contribution in [1.82, 2.24) is 9.78 Å². The molecule has 0 saturated heterocycles. The molecule has 21 heavy (non-hydrogen) atoms. The van der Waals surface area contributed by atoms with Crippen LogP contribution in [0.4, 0.5) is 0 Å². The van der Waals surface area contributed by atoms with Gasteiger partial charge in [-0.3, -0.25) is 4.68 Å². The molecular weight excluding hydrogens is 266 g/mol. The van der Waals surface area contributed by atoms with E-state index >= 15 is 0 Å². The molecule has 0 spiro atoms. The van der Waals surface area contributed by atoms with Gasteiger partial charge in [0, 0.05) is 22.9 Å². The van der Waals surface area contributed by atoms with Crippen LogP contribution in [0.25, 0.3) is 11.3 Å². The van der Waals surface area contributed by atoms with Gasteiger partial charge in [-0.1, -0.05) is 0 Å². The summed E-state index contributed by atoms with van der Waals surface area (Å²) in [4.78, 5) is 0. The Morgan fingerprint density at radius 2 is 2.14 bits per heavy atom. The molecule has 1 unspecified atom stereocenters. The highest BCUT2D eigenvalue weighted by Crippen LogP contribution is 2.36. The molecule has 0 radical (unpaired) electrons. The summed E-state index contributed by atoms with van der Waals surface area (Å²) in [5.74, 6) is 0.826.